The first-order valence-corrected chi connectivity index (χ1v) is 16.5. The third-order valence-corrected chi connectivity index (χ3v) is 10.8. The second-order valence-corrected chi connectivity index (χ2v) is 13.3. The van der Waals surface area contributed by atoms with E-state index in [0.29, 0.717) is 5.92 Å². The van der Waals surface area contributed by atoms with Crippen molar-refractivity contribution in [2.75, 3.05) is 32.7 Å². The molecule has 0 radical (unpaired) electrons. The molecule has 1 aromatic carbocycles. The van der Waals surface area contributed by atoms with E-state index in [9.17, 15) is 5.11 Å². The van der Waals surface area contributed by atoms with Crippen LogP contribution in [0.25, 0.3) is 10.9 Å². The Morgan fingerprint density at radius 3 is 2.66 bits per heavy atom. The zero-order chi connectivity index (χ0) is 27.7. The number of benzene rings is 1. The maximum atomic E-state index is 13.0. The fourth-order valence-corrected chi connectivity index (χ4v) is 8.97. The molecule has 2 aromatic rings. The van der Waals surface area contributed by atoms with Crippen LogP contribution in [0.15, 0.2) is 65.2 Å². The molecule has 5 atom stereocenters. The van der Waals surface area contributed by atoms with Crippen LogP contribution in [0.3, 0.4) is 0 Å². The molecule has 218 valence electrons. The molecule has 1 aromatic heterocycles. The largest absolute Gasteiger partial charge is 0.384 e. The highest BCUT2D eigenvalue weighted by molar-refractivity contribution is 6.16. The van der Waals surface area contributed by atoms with Gasteiger partial charge in [-0.2, -0.15) is 0 Å². The summed E-state index contributed by atoms with van der Waals surface area (Å²) in [5.41, 5.74) is 5.33. The number of aromatic amines is 1. The summed E-state index contributed by atoms with van der Waals surface area (Å²) >= 11 is 0. The summed E-state index contributed by atoms with van der Waals surface area (Å²) in [6.07, 6.45) is 25.0. The second kappa shape index (κ2) is 11.7. The van der Waals surface area contributed by atoms with Gasteiger partial charge in [-0.1, -0.05) is 42.5 Å². The number of piperidine rings is 1. The number of nitrogens with one attached hydrogen (secondary N) is 2. The molecule has 1 fully saturated rings. The van der Waals surface area contributed by atoms with Crippen LogP contribution in [0.4, 0.5) is 0 Å². The zero-order valence-corrected chi connectivity index (χ0v) is 24.7. The minimum Gasteiger partial charge on any atom is -0.384 e. The summed E-state index contributed by atoms with van der Waals surface area (Å²) in [4.78, 5) is 11.8. The smallest absolute Gasteiger partial charge is 0.0992 e. The van der Waals surface area contributed by atoms with Crippen LogP contribution >= 0.6 is 0 Å². The first-order chi connectivity index (χ1) is 20.2. The summed E-state index contributed by atoms with van der Waals surface area (Å²) in [6, 6.07) is 8.78. The van der Waals surface area contributed by atoms with Gasteiger partial charge in [0.25, 0.3) is 0 Å². The predicted octanol–water partition coefficient (Wildman–Crippen LogP) is 6.49. The molecule has 5 nitrogen and oxygen atoms in total. The summed E-state index contributed by atoms with van der Waals surface area (Å²) < 4.78 is 0. The van der Waals surface area contributed by atoms with Gasteiger partial charge >= 0.3 is 0 Å². The van der Waals surface area contributed by atoms with Gasteiger partial charge in [-0.15, -0.1) is 0 Å². The Morgan fingerprint density at radius 2 is 1.73 bits per heavy atom. The minimum atomic E-state index is -0.892. The van der Waals surface area contributed by atoms with Crippen molar-refractivity contribution in [1.82, 2.24) is 15.2 Å². The van der Waals surface area contributed by atoms with Crippen molar-refractivity contribution in [1.29, 1.82) is 0 Å². The number of aliphatic imine (C=N–C) groups is 1. The number of rotatable bonds is 1. The normalized spacial score (nSPS) is 36.3. The van der Waals surface area contributed by atoms with Crippen molar-refractivity contribution >= 4 is 16.6 Å². The third-order valence-electron chi connectivity index (χ3n) is 10.8. The lowest BCUT2D eigenvalue weighted by Crippen LogP contribution is -2.69. The first kappa shape index (κ1) is 27.4. The van der Waals surface area contributed by atoms with Crippen LogP contribution in [0.2, 0.25) is 0 Å². The Kier molecular flexibility index (Phi) is 7.79. The lowest BCUT2D eigenvalue weighted by molar-refractivity contribution is -0.0867. The number of hydrogen-bond acceptors (Lipinski definition) is 4. The number of para-hydroxylation sites is 1. The van der Waals surface area contributed by atoms with E-state index in [-0.39, 0.29) is 11.5 Å². The molecule has 5 aliphatic rings. The van der Waals surface area contributed by atoms with Crippen LogP contribution < -0.4 is 5.32 Å². The van der Waals surface area contributed by atoms with E-state index < -0.39 is 5.60 Å². The average molecular weight is 553 g/mol. The molecule has 1 spiro atoms. The summed E-state index contributed by atoms with van der Waals surface area (Å²) in [5, 5.41) is 18.3. The molecule has 3 bridgehead atoms. The lowest BCUT2D eigenvalue weighted by atomic mass is 9.52. The summed E-state index contributed by atoms with van der Waals surface area (Å²) in [6.45, 7) is 5.07. The van der Waals surface area contributed by atoms with E-state index in [4.69, 9.17) is 4.99 Å². The molecule has 3 N–H and O–H groups in total. The molecule has 1 aliphatic carbocycles. The molecular weight excluding hydrogens is 504 g/mol. The average Bonchev–Trinajstić information content (AvgIpc) is 3.35. The molecule has 4 aliphatic heterocycles. The van der Waals surface area contributed by atoms with Crippen molar-refractivity contribution in [2.45, 2.75) is 88.7 Å². The topological polar surface area (TPSA) is 63.7 Å². The van der Waals surface area contributed by atoms with Gasteiger partial charge < -0.3 is 20.3 Å². The Bertz CT molecular complexity index is 1370. The summed E-state index contributed by atoms with van der Waals surface area (Å²) in [7, 11) is 0. The number of H-pyrrole nitrogens is 1. The highest BCUT2D eigenvalue weighted by Crippen LogP contribution is 2.55. The molecule has 41 heavy (non-hydrogen) atoms. The van der Waals surface area contributed by atoms with Crippen LogP contribution in [0, 0.1) is 11.3 Å². The van der Waals surface area contributed by atoms with Crippen LogP contribution in [-0.2, 0) is 6.42 Å². The monoisotopic (exact) mass is 552 g/mol. The third kappa shape index (κ3) is 5.08. The second-order valence-electron chi connectivity index (χ2n) is 13.3. The van der Waals surface area contributed by atoms with Gasteiger partial charge in [-0.3, -0.25) is 4.99 Å². The van der Waals surface area contributed by atoms with Gasteiger partial charge in [0.05, 0.1) is 17.0 Å². The Labute approximate surface area is 245 Å². The van der Waals surface area contributed by atoms with Gasteiger partial charge in [0.2, 0.25) is 0 Å². The van der Waals surface area contributed by atoms with Gasteiger partial charge in [0.15, 0.2) is 0 Å². The highest BCUT2D eigenvalue weighted by Gasteiger charge is 2.59. The van der Waals surface area contributed by atoms with Crippen LogP contribution in [0.1, 0.15) is 81.9 Å². The zero-order valence-electron chi connectivity index (χ0n) is 24.7. The number of nitrogens with zero attached hydrogens (tertiary/aromatic N) is 2. The van der Waals surface area contributed by atoms with E-state index in [1.54, 1.807) is 0 Å². The fourth-order valence-electron chi connectivity index (χ4n) is 8.97. The van der Waals surface area contributed by atoms with Gasteiger partial charge in [0, 0.05) is 42.0 Å². The molecule has 1 saturated heterocycles. The van der Waals surface area contributed by atoms with E-state index in [1.807, 2.05) is 0 Å². The standard InChI is InChI=1S/C36H48N4O/c41-36-20-12-6-2-4-8-14-23-40-24-18-30(35(26-40)19-11-5-1-3-7-13-21-38-34(35)36)29(25-36)32-33-28(17-22-37-32)27-15-9-10-16-31(27)39-33/h1,4-5,8-10,15-16,25,30,34,38-39,41H,2-3,6-7,11-14,17-24,26H2/b5-1-,8-4-/t30-,34+,35-,36-/m0/s1. The van der Waals surface area contributed by atoms with Gasteiger partial charge in [0.1, 0.15) is 0 Å². The molecule has 0 amide bonds. The van der Waals surface area contributed by atoms with Crippen LogP contribution in [0.5, 0.6) is 0 Å². The number of aliphatic hydroxyl groups is 1. The highest BCUT2D eigenvalue weighted by atomic mass is 16.3. The Balaban J connectivity index is 1.39. The van der Waals surface area contributed by atoms with Crippen LogP contribution in [-0.4, -0.2) is 65.1 Å². The molecule has 7 rings (SSSR count). The molecule has 5 heterocycles. The number of allylic oxidation sites excluding steroid dienone is 4. The number of hydrogen-bond donors (Lipinski definition) is 3. The van der Waals surface area contributed by atoms with Gasteiger partial charge in [-0.05, 0) is 119 Å². The Hall–Kier alpha value is -2.47. The quantitative estimate of drug-likeness (QED) is 0.354. The number of fused-ring (bicyclic) bond motifs is 4. The van der Waals surface area contributed by atoms with Crippen molar-refractivity contribution in [2.24, 2.45) is 16.3 Å². The maximum Gasteiger partial charge on any atom is 0.0992 e. The van der Waals surface area contributed by atoms with Crippen molar-refractivity contribution in [3.8, 4) is 0 Å². The predicted molar refractivity (Wildman–Crippen MR) is 170 cm³/mol. The minimum absolute atomic E-state index is 0.0460. The maximum absolute atomic E-state index is 13.0. The van der Waals surface area contributed by atoms with Crippen molar-refractivity contribution in [3.05, 3.63) is 71.5 Å². The Morgan fingerprint density at radius 1 is 0.902 bits per heavy atom. The summed E-state index contributed by atoms with van der Waals surface area (Å²) in [5.74, 6) is 0.377. The molecule has 1 unspecified atom stereocenters. The van der Waals surface area contributed by atoms with E-state index in [1.165, 1.54) is 34.2 Å². The molecule has 5 heteroatoms. The van der Waals surface area contributed by atoms with Crippen molar-refractivity contribution < 1.29 is 5.11 Å². The van der Waals surface area contributed by atoms with E-state index >= 15 is 0 Å². The van der Waals surface area contributed by atoms with E-state index in [0.717, 1.165) is 109 Å². The lowest BCUT2D eigenvalue weighted by Gasteiger charge is -2.60. The first-order valence-electron chi connectivity index (χ1n) is 16.5. The molecular formula is C36H48N4O. The molecule has 0 saturated carbocycles. The van der Waals surface area contributed by atoms with Crippen molar-refractivity contribution in [3.63, 3.8) is 0 Å². The van der Waals surface area contributed by atoms with Gasteiger partial charge in [-0.25, -0.2) is 0 Å². The SMILES string of the molecule is O[C@]12C=C(C3=NCCc4c3[nH]c3ccccc43)[C@@H]3CCN(CC/C=C\CCCC1)C[C@@]31CC/C=C\CCCCN[C@H]12. The number of aromatic nitrogens is 1. The fraction of sp³-hybridized carbons (Fsp3) is 0.583. The van der Waals surface area contributed by atoms with E-state index in [2.05, 4.69) is 69.8 Å².